The summed E-state index contributed by atoms with van der Waals surface area (Å²) in [6, 6.07) is 18.8. The van der Waals surface area contributed by atoms with Crippen LogP contribution in [0.3, 0.4) is 0 Å². The summed E-state index contributed by atoms with van der Waals surface area (Å²) in [5.74, 6) is 0.0465. The fourth-order valence-corrected chi connectivity index (χ4v) is 6.62. The maximum absolute atomic E-state index is 10.7. The first-order chi connectivity index (χ1) is 27.5. The fourth-order valence-electron chi connectivity index (χ4n) is 5.82. The summed E-state index contributed by atoms with van der Waals surface area (Å²) in [4.78, 5) is 6.77. The number of phenols is 1. The molecule has 0 unspecified atom stereocenters. The number of phenolic OH excluding ortho intramolecular Hbond substituents is 1. The number of hydrogen-bond acceptors (Lipinski definition) is 13. The minimum atomic E-state index is -4.87. The molecule has 0 saturated carbocycles. The average molecular weight is 886 g/mol. The molecule has 0 spiro atoms. The van der Waals surface area contributed by atoms with Crippen molar-refractivity contribution in [1.29, 1.82) is 0 Å². The molecule has 2 heterocycles. The molecular formula is C41H39Cl2N6NaO9S. The van der Waals surface area contributed by atoms with E-state index in [0.717, 1.165) is 22.3 Å². The van der Waals surface area contributed by atoms with E-state index in [2.05, 4.69) is 34.3 Å². The van der Waals surface area contributed by atoms with Crippen LogP contribution >= 0.6 is 23.2 Å². The minimum absolute atomic E-state index is 0. The van der Waals surface area contributed by atoms with E-state index in [9.17, 15) is 28.3 Å². The molecule has 4 aromatic carbocycles. The van der Waals surface area contributed by atoms with Gasteiger partial charge in [-0.1, -0.05) is 54.9 Å². The van der Waals surface area contributed by atoms with Gasteiger partial charge < -0.3 is 32.9 Å². The summed E-state index contributed by atoms with van der Waals surface area (Å²) in [5.41, 5.74) is 5.19. The van der Waals surface area contributed by atoms with E-state index in [1.807, 2.05) is 13.0 Å². The Balaban J connectivity index is 0.000000313. The van der Waals surface area contributed by atoms with Gasteiger partial charge in [-0.15, -0.1) is 20.4 Å². The molecule has 4 atom stereocenters. The number of aromatic nitrogens is 4. The quantitative estimate of drug-likeness (QED) is 0.0550. The Labute approximate surface area is 379 Å². The molecule has 15 nitrogen and oxygen atoms in total. The van der Waals surface area contributed by atoms with Crippen LogP contribution in [0.15, 0.2) is 81.6 Å². The Hall–Kier alpha value is -4.85. The molecule has 2 aromatic heterocycles. The van der Waals surface area contributed by atoms with Crippen molar-refractivity contribution in [2.45, 2.75) is 72.0 Å². The summed E-state index contributed by atoms with van der Waals surface area (Å²) in [6.07, 6.45) is -0.738. The zero-order chi connectivity index (χ0) is 42.3. The molecule has 0 aliphatic carbocycles. The van der Waals surface area contributed by atoms with Gasteiger partial charge in [-0.25, -0.2) is 18.1 Å². The van der Waals surface area contributed by atoms with Crippen molar-refractivity contribution >= 4 is 45.0 Å². The minimum Gasteiger partial charge on any atom is -0.716 e. The van der Waals surface area contributed by atoms with Crippen LogP contribution in [0.5, 0.6) is 11.5 Å². The monoisotopic (exact) mass is 884 g/mol. The molecule has 19 heteroatoms. The first kappa shape index (κ1) is 49.5. The van der Waals surface area contributed by atoms with E-state index in [0.29, 0.717) is 57.2 Å². The molecule has 0 aliphatic rings. The van der Waals surface area contributed by atoms with Gasteiger partial charge >= 0.3 is 29.6 Å². The molecule has 0 bridgehead atoms. The van der Waals surface area contributed by atoms with E-state index in [1.165, 1.54) is 36.4 Å². The maximum Gasteiger partial charge on any atom is 1.00 e. The van der Waals surface area contributed by atoms with Gasteiger partial charge in [-0.2, -0.15) is 0 Å². The molecule has 0 fully saturated rings. The van der Waals surface area contributed by atoms with Gasteiger partial charge in [0.1, 0.15) is 11.5 Å². The molecule has 0 amide bonds. The van der Waals surface area contributed by atoms with Crippen molar-refractivity contribution in [1.82, 2.24) is 20.4 Å². The van der Waals surface area contributed by atoms with Crippen LogP contribution in [0.2, 0.25) is 10.0 Å². The number of nitrogens with zero attached hydrogens (tertiary/aromatic N) is 6. The number of benzene rings is 4. The van der Waals surface area contributed by atoms with E-state index in [4.69, 9.17) is 45.2 Å². The second-order valence-corrected chi connectivity index (χ2v) is 14.9. The van der Waals surface area contributed by atoms with Crippen LogP contribution in [-0.4, -0.2) is 60.9 Å². The summed E-state index contributed by atoms with van der Waals surface area (Å²) in [6.45, 7) is 21.2. The Bertz CT molecular complexity index is 2590. The second-order valence-electron chi connectivity index (χ2n) is 13.1. The first-order valence-corrected chi connectivity index (χ1v) is 19.5. The largest absolute Gasteiger partial charge is 1.00 e. The van der Waals surface area contributed by atoms with Crippen LogP contribution in [0.1, 0.15) is 67.1 Å². The predicted molar refractivity (Wildman–Crippen MR) is 219 cm³/mol. The molecule has 0 aliphatic heterocycles. The third-order valence-electron chi connectivity index (χ3n) is 9.17. The van der Waals surface area contributed by atoms with Gasteiger partial charge in [0.15, 0.2) is 0 Å². The first-order valence-electron chi connectivity index (χ1n) is 17.4. The van der Waals surface area contributed by atoms with Crippen molar-refractivity contribution in [2.24, 2.45) is 0 Å². The van der Waals surface area contributed by atoms with Gasteiger partial charge in [-0.05, 0) is 111 Å². The Morgan fingerprint density at radius 2 is 1.10 bits per heavy atom. The molecule has 6 rings (SSSR count). The van der Waals surface area contributed by atoms with E-state index < -0.39 is 34.4 Å². The van der Waals surface area contributed by atoms with Crippen molar-refractivity contribution in [3.05, 3.63) is 140 Å². The van der Waals surface area contributed by atoms with Gasteiger partial charge in [0.2, 0.25) is 34.9 Å². The van der Waals surface area contributed by atoms with Crippen molar-refractivity contribution < 1.29 is 70.9 Å². The standard InChI is InChI=1S/C20H18ClN3O6S.C20H18ClN3O3.CH4.Na/c1-11-14(6-9-17(22-3)18(11)21)10-16(12(2)25)20-24-23-19(29-20)13-4-7-15(8-5-13)30-31(26,27)28;1-11-14(6-9-17(22-3)18(11)21)10-16(12(2)25)20-24-23-19(27-20)13-4-7-15(26)8-5-13;;/h4-9,12,16,25H,10H2,1-2H3,(H,26,27,28);4-9,12,16,25-26H,10H2,1-2H3;1H4;/q;;;+1/p-1/t2*12-,16+;;/m00../s1. The fraction of sp³-hybridized carbons (Fsp3) is 0.268. The van der Waals surface area contributed by atoms with Crippen LogP contribution in [0, 0.1) is 27.0 Å². The number of aliphatic hydroxyl groups excluding tert-OH is 2. The zero-order valence-electron chi connectivity index (χ0n) is 32.3. The Kier molecular flexibility index (Phi) is 17.8. The van der Waals surface area contributed by atoms with Crippen LogP contribution in [-0.2, 0) is 23.2 Å². The number of rotatable bonds is 12. The summed E-state index contributed by atoms with van der Waals surface area (Å²) in [5, 5.41) is 46.9. The smallest absolute Gasteiger partial charge is 0.716 e. The Morgan fingerprint density at radius 3 is 1.45 bits per heavy atom. The predicted octanol–water partition coefficient (Wildman–Crippen LogP) is 6.10. The zero-order valence-corrected chi connectivity index (χ0v) is 36.6. The SMILES string of the molecule is C.[C-]#[N+]c1ccc(C[C@@H](c2nnc(-c3ccc(O)cc3)o2)[C@H](C)O)c(C)c1Cl.[C-]#[N+]c1ccc(C[C@@H](c2nnc(-c3ccc(OS(=O)(=O)[O-])cc3)o2)[C@H](C)O)c(C)c1Cl.[Na+]. The molecule has 0 radical (unpaired) electrons. The maximum atomic E-state index is 10.7. The molecule has 6 aromatic rings. The van der Waals surface area contributed by atoms with E-state index in [-0.39, 0.29) is 60.3 Å². The average Bonchev–Trinajstić information content (AvgIpc) is 3.87. The van der Waals surface area contributed by atoms with Crippen molar-refractivity contribution in [3.8, 4) is 34.4 Å². The van der Waals surface area contributed by atoms with E-state index in [1.54, 1.807) is 51.1 Å². The normalized spacial score (nSPS) is 12.8. The number of aliphatic hydroxyl groups is 2. The van der Waals surface area contributed by atoms with Gasteiger partial charge in [0, 0.05) is 11.1 Å². The van der Waals surface area contributed by atoms with Gasteiger partial charge in [0.25, 0.3) is 10.4 Å². The number of halogens is 2. The third kappa shape index (κ3) is 12.4. The summed E-state index contributed by atoms with van der Waals surface area (Å²) < 4.78 is 47.8. The molecule has 0 saturated heterocycles. The van der Waals surface area contributed by atoms with Crippen molar-refractivity contribution in [3.63, 3.8) is 0 Å². The molecular weight excluding hydrogens is 846 g/mol. The van der Waals surface area contributed by atoms with E-state index >= 15 is 0 Å². The topological polar surface area (TPSA) is 214 Å². The molecule has 308 valence electrons. The van der Waals surface area contributed by atoms with Crippen LogP contribution in [0.4, 0.5) is 11.4 Å². The summed E-state index contributed by atoms with van der Waals surface area (Å²) in [7, 11) is -4.87. The van der Waals surface area contributed by atoms with Crippen LogP contribution < -0.4 is 33.7 Å². The van der Waals surface area contributed by atoms with Gasteiger partial charge in [0.05, 0.1) is 47.2 Å². The van der Waals surface area contributed by atoms with Crippen molar-refractivity contribution in [2.75, 3.05) is 0 Å². The second kappa shape index (κ2) is 21.6. The van der Waals surface area contributed by atoms with Crippen LogP contribution in [0.25, 0.3) is 32.6 Å². The number of aromatic hydroxyl groups is 1. The summed E-state index contributed by atoms with van der Waals surface area (Å²) >= 11 is 12.5. The Morgan fingerprint density at radius 1 is 0.717 bits per heavy atom. The molecule has 3 N–H and O–H groups in total. The number of hydrogen-bond donors (Lipinski definition) is 3. The molecule has 60 heavy (non-hydrogen) atoms. The van der Waals surface area contributed by atoms with Gasteiger partial charge in [-0.3, -0.25) is 0 Å². The third-order valence-corrected chi connectivity index (χ3v) is 10.5.